The van der Waals surface area contributed by atoms with Crippen molar-refractivity contribution >= 4 is 11.3 Å². The molecule has 0 aliphatic heterocycles. The quantitative estimate of drug-likeness (QED) is 0.832. The molecule has 0 unspecified atom stereocenters. The maximum absolute atomic E-state index is 4.70. The molecule has 20 heavy (non-hydrogen) atoms. The SMILES string of the molecule is CCCNCc1ccn(Cc2nc(C(C)(C)C)cs2)n1. The summed E-state index contributed by atoms with van der Waals surface area (Å²) in [6, 6.07) is 2.07. The van der Waals surface area contributed by atoms with Gasteiger partial charge in [0, 0.05) is 23.5 Å². The van der Waals surface area contributed by atoms with E-state index < -0.39 is 0 Å². The lowest BCUT2D eigenvalue weighted by Gasteiger charge is -2.14. The number of thiazole rings is 1. The van der Waals surface area contributed by atoms with Gasteiger partial charge in [0.05, 0.1) is 17.9 Å². The van der Waals surface area contributed by atoms with E-state index >= 15 is 0 Å². The van der Waals surface area contributed by atoms with E-state index in [2.05, 4.69) is 49.6 Å². The average Bonchev–Trinajstić information content (AvgIpc) is 2.99. The van der Waals surface area contributed by atoms with Crippen LogP contribution in [-0.2, 0) is 18.5 Å². The molecule has 2 aromatic heterocycles. The second-order valence-electron chi connectivity index (χ2n) is 6.06. The summed E-state index contributed by atoms with van der Waals surface area (Å²) in [7, 11) is 0. The molecule has 0 aliphatic carbocycles. The molecule has 0 amide bonds. The molecule has 4 nitrogen and oxygen atoms in total. The highest BCUT2D eigenvalue weighted by atomic mass is 32.1. The number of hydrogen-bond donors (Lipinski definition) is 1. The fraction of sp³-hybridized carbons (Fsp3) is 0.600. The van der Waals surface area contributed by atoms with Crippen LogP contribution in [0.5, 0.6) is 0 Å². The van der Waals surface area contributed by atoms with Crippen LogP contribution in [0.2, 0.25) is 0 Å². The van der Waals surface area contributed by atoms with E-state index in [-0.39, 0.29) is 5.41 Å². The first kappa shape index (κ1) is 15.2. The van der Waals surface area contributed by atoms with Crippen LogP contribution in [0, 0.1) is 0 Å². The van der Waals surface area contributed by atoms with Crippen molar-refractivity contribution in [2.75, 3.05) is 6.54 Å². The summed E-state index contributed by atoms with van der Waals surface area (Å²) in [6.45, 7) is 11.4. The Morgan fingerprint density at radius 3 is 2.80 bits per heavy atom. The van der Waals surface area contributed by atoms with Crippen LogP contribution in [-0.4, -0.2) is 21.3 Å². The molecule has 0 saturated carbocycles. The summed E-state index contributed by atoms with van der Waals surface area (Å²) < 4.78 is 1.97. The van der Waals surface area contributed by atoms with Crippen molar-refractivity contribution in [1.82, 2.24) is 20.1 Å². The maximum Gasteiger partial charge on any atom is 0.114 e. The van der Waals surface area contributed by atoms with Gasteiger partial charge in [-0.05, 0) is 19.0 Å². The van der Waals surface area contributed by atoms with Crippen LogP contribution < -0.4 is 5.32 Å². The van der Waals surface area contributed by atoms with Gasteiger partial charge < -0.3 is 5.32 Å². The number of rotatable bonds is 6. The molecule has 110 valence electrons. The third-order valence-electron chi connectivity index (χ3n) is 3.05. The van der Waals surface area contributed by atoms with Crippen molar-refractivity contribution < 1.29 is 0 Å². The molecule has 2 heterocycles. The predicted octanol–water partition coefficient (Wildman–Crippen LogP) is 3.19. The Balaban J connectivity index is 1.95. The van der Waals surface area contributed by atoms with E-state index in [1.165, 1.54) is 0 Å². The topological polar surface area (TPSA) is 42.7 Å². The molecule has 0 saturated heterocycles. The second kappa shape index (κ2) is 6.50. The van der Waals surface area contributed by atoms with Gasteiger partial charge in [0.15, 0.2) is 0 Å². The third kappa shape index (κ3) is 4.15. The predicted molar refractivity (Wildman–Crippen MR) is 84.1 cm³/mol. The van der Waals surface area contributed by atoms with Gasteiger partial charge >= 0.3 is 0 Å². The van der Waals surface area contributed by atoms with Gasteiger partial charge in [-0.2, -0.15) is 5.10 Å². The van der Waals surface area contributed by atoms with Crippen LogP contribution in [0.15, 0.2) is 17.6 Å². The first-order valence-electron chi connectivity index (χ1n) is 7.17. The Kier molecular flexibility index (Phi) is 4.94. The van der Waals surface area contributed by atoms with Gasteiger partial charge in [-0.1, -0.05) is 27.7 Å². The second-order valence-corrected chi connectivity index (χ2v) is 7.00. The molecular formula is C15H24N4S. The lowest BCUT2D eigenvalue weighted by atomic mass is 9.93. The summed E-state index contributed by atoms with van der Waals surface area (Å²) in [5.41, 5.74) is 2.37. The molecule has 0 fully saturated rings. The molecule has 2 rings (SSSR count). The van der Waals surface area contributed by atoms with Gasteiger partial charge in [0.2, 0.25) is 0 Å². The van der Waals surface area contributed by atoms with Crippen LogP contribution >= 0.6 is 11.3 Å². The molecule has 1 N–H and O–H groups in total. The average molecular weight is 292 g/mol. The van der Waals surface area contributed by atoms with Crippen molar-refractivity contribution in [3.05, 3.63) is 34.0 Å². The highest BCUT2D eigenvalue weighted by molar-refractivity contribution is 7.09. The minimum Gasteiger partial charge on any atom is -0.311 e. The molecule has 5 heteroatoms. The lowest BCUT2D eigenvalue weighted by Crippen LogP contribution is -2.14. The third-order valence-corrected chi connectivity index (χ3v) is 3.88. The Morgan fingerprint density at radius 2 is 2.15 bits per heavy atom. The van der Waals surface area contributed by atoms with Crippen molar-refractivity contribution in [3.63, 3.8) is 0 Å². The lowest BCUT2D eigenvalue weighted by molar-refractivity contribution is 0.567. The summed E-state index contributed by atoms with van der Waals surface area (Å²) >= 11 is 1.71. The van der Waals surface area contributed by atoms with Gasteiger partial charge in [-0.3, -0.25) is 4.68 Å². The first-order valence-corrected chi connectivity index (χ1v) is 8.05. The minimum absolute atomic E-state index is 0.119. The number of nitrogens with one attached hydrogen (secondary N) is 1. The Labute approximate surface area is 125 Å². The van der Waals surface area contributed by atoms with E-state index in [0.717, 1.165) is 42.5 Å². The molecule has 0 aromatic carbocycles. The Hall–Kier alpha value is -1.20. The Morgan fingerprint density at radius 1 is 1.35 bits per heavy atom. The van der Waals surface area contributed by atoms with Crippen molar-refractivity contribution in [1.29, 1.82) is 0 Å². The zero-order valence-electron chi connectivity index (χ0n) is 12.8. The van der Waals surface area contributed by atoms with E-state index in [9.17, 15) is 0 Å². The van der Waals surface area contributed by atoms with Crippen molar-refractivity contribution in [2.45, 2.75) is 52.6 Å². The standard InChI is InChI=1S/C15H24N4S/c1-5-7-16-9-12-6-8-19(18-12)10-14-17-13(11-20-14)15(2,3)4/h6,8,11,16H,5,7,9-10H2,1-4H3. The van der Waals surface area contributed by atoms with Crippen molar-refractivity contribution in [3.8, 4) is 0 Å². The largest absolute Gasteiger partial charge is 0.311 e. The van der Waals surface area contributed by atoms with Gasteiger partial charge in [-0.25, -0.2) is 4.98 Å². The van der Waals surface area contributed by atoms with E-state index in [1.54, 1.807) is 11.3 Å². The first-order chi connectivity index (χ1) is 9.49. The molecule has 0 radical (unpaired) electrons. The molecule has 0 atom stereocenters. The zero-order chi connectivity index (χ0) is 14.6. The smallest absolute Gasteiger partial charge is 0.114 e. The van der Waals surface area contributed by atoms with E-state index in [0.29, 0.717) is 0 Å². The molecule has 0 bridgehead atoms. The van der Waals surface area contributed by atoms with Crippen LogP contribution in [0.25, 0.3) is 0 Å². The number of aromatic nitrogens is 3. The summed E-state index contributed by atoms with van der Waals surface area (Å²) in [5, 5.41) is 11.2. The van der Waals surface area contributed by atoms with Crippen molar-refractivity contribution in [2.24, 2.45) is 0 Å². The highest BCUT2D eigenvalue weighted by Gasteiger charge is 2.17. The van der Waals surface area contributed by atoms with Gasteiger partial charge in [-0.15, -0.1) is 11.3 Å². The Bertz CT molecular complexity index is 536. The van der Waals surface area contributed by atoms with E-state index in [1.807, 2.05) is 10.9 Å². The molecule has 2 aromatic rings. The number of hydrogen-bond acceptors (Lipinski definition) is 4. The fourth-order valence-corrected chi connectivity index (χ4v) is 2.86. The zero-order valence-corrected chi connectivity index (χ0v) is 13.6. The molecular weight excluding hydrogens is 268 g/mol. The number of nitrogens with zero attached hydrogens (tertiary/aromatic N) is 3. The normalized spacial score (nSPS) is 12.0. The molecule has 0 aliphatic rings. The summed E-state index contributed by atoms with van der Waals surface area (Å²) in [5.74, 6) is 0. The monoisotopic (exact) mass is 292 g/mol. The highest BCUT2D eigenvalue weighted by Crippen LogP contribution is 2.24. The van der Waals surface area contributed by atoms with Gasteiger partial charge in [0.1, 0.15) is 5.01 Å². The van der Waals surface area contributed by atoms with E-state index in [4.69, 9.17) is 4.98 Å². The van der Waals surface area contributed by atoms with Crippen LogP contribution in [0.4, 0.5) is 0 Å². The summed E-state index contributed by atoms with van der Waals surface area (Å²) in [6.07, 6.45) is 3.18. The molecule has 0 spiro atoms. The minimum atomic E-state index is 0.119. The summed E-state index contributed by atoms with van der Waals surface area (Å²) in [4.78, 5) is 4.70. The van der Waals surface area contributed by atoms with Gasteiger partial charge in [0.25, 0.3) is 0 Å². The maximum atomic E-state index is 4.70. The fourth-order valence-electron chi connectivity index (χ4n) is 1.85. The van der Waals surface area contributed by atoms with Crippen LogP contribution in [0.3, 0.4) is 0 Å². The van der Waals surface area contributed by atoms with Crippen LogP contribution in [0.1, 0.15) is 50.5 Å².